The standard InChI is InChI=1S/C19H15ClF3N3O2/c1-2-17(27)26-9-12-4-3-11(5-13(12)10-26)18(28)25-8-16-15(20)6-14(7-24-16)19(21,22)23/h2-7H,1,8-10H2,(H,25,28). The largest absolute Gasteiger partial charge is 0.417 e. The molecule has 0 fully saturated rings. The zero-order chi connectivity index (χ0) is 20.5. The third-order valence-corrected chi connectivity index (χ3v) is 4.67. The molecule has 2 aromatic rings. The Kier molecular flexibility index (Phi) is 5.42. The van der Waals surface area contributed by atoms with Crippen molar-refractivity contribution in [3.8, 4) is 0 Å². The summed E-state index contributed by atoms with van der Waals surface area (Å²) in [6.07, 6.45) is -2.63. The lowest BCUT2D eigenvalue weighted by molar-refractivity contribution is -0.137. The monoisotopic (exact) mass is 409 g/mol. The molecule has 3 rings (SSSR count). The first-order valence-electron chi connectivity index (χ1n) is 8.22. The van der Waals surface area contributed by atoms with Crippen LogP contribution in [0.3, 0.4) is 0 Å². The van der Waals surface area contributed by atoms with E-state index in [2.05, 4.69) is 16.9 Å². The Morgan fingerprint density at radius 1 is 1.25 bits per heavy atom. The smallest absolute Gasteiger partial charge is 0.346 e. The SMILES string of the molecule is C=CC(=O)N1Cc2ccc(C(=O)NCc3ncc(C(F)(F)F)cc3Cl)cc2C1. The molecule has 0 aliphatic carbocycles. The zero-order valence-corrected chi connectivity index (χ0v) is 15.3. The highest BCUT2D eigenvalue weighted by Gasteiger charge is 2.31. The number of carbonyl (C=O) groups is 2. The van der Waals surface area contributed by atoms with E-state index in [1.54, 1.807) is 23.1 Å². The van der Waals surface area contributed by atoms with E-state index in [0.717, 1.165) is 17.2 Å². The van der Waals surface area contributed by atoms with Crippen molar-refractivity contribution in [2.45, 2.75) is 25.8 Å². The van der Waals surface area contributed by atoms with E-state index in [1.165, 1.54) is 6.08 Å². The predicted octanol–water partition coefficient (Wildman–Crippen LogP) is 3.71. The molecule has 0 saturated carbocycles. The lowest BCUT2D eigenvalue weighted by Crippen LogP contribution is -2.24. The second-order valence-electron chi connectivity index (χ2n) is 6.21. The fourth-order valence-corrected chi connectivity index (χ4v) is 3.07. The van der Waals surface area contributed by atoms with Gasteiger partial charge in [0.15, 0.2) is 0 Å². The van der Waals surface area contributed by atoms with Crippen LogP contribution in [0.25, 0.3) is 0 Å². The fourth-order valence-electron chi connectivity index (χ4n) is 2.84. The van der Waals surface area contributed by atoms with Gasteiger partial charge in [-0.15, -0.1) is 0 Å². The molecule has 0 atom stereocenters. The molecule has 0 unspecified atom stereocenters. The average molecular weight is 410 g/mol. The van der Waals surface area contributed by atoms with Crippen LogP contribution in [0.2, 0.25) is 5.02 Å². The molecule has 0 saturated heterocycles. The van der Waals surface area contributed by atoms with Crippen LogP contribution >= 0.6 is 11.6 Å². The molecular weight excluding hydrogens is 395 g/mol. The van der Waals surface area contributed by atoms with Gasteiger partial charge in [-0.05, 0) is 35.4 Å². The number of aromatic nitrogens is 1. The van der Waals surface area contributed by atoms with E-state index in [1.807, 2.05) is 0 Å². The number of rotatable bonds is 4. The maximum Gasteiger partial charge on any atom is 0.417 e. The van der Waals surface area contributed by atoms with Gasteiger partial charge in [-0.3, -0.25) is 14.6 Å². The summed E-state index contributed by atoms with van der Waals surface area (Å²) in [6.45, 7) is 4.18. The number of hydrogen-bond acceptors (Lipinski definition) is 3. The second kappa shape index (κ2) is 7.63. The van der Waals surface area contributed by atoms with Gasteiger partial charge < -0.3 is 10.2 Å². The molecule has 1 aliphatic heterocycles. The molecular formula is C19H15ClF3N3O2. The van der Waals surface area contributed by atoms with E-state index in [0.29, 0.717) is 24.8 Å². The van der Waals surface area contributed by atoms with Crippen molar-refractivity contribution >= 4 is 23.4 Å². The van der Waals surface area contributed by atoms with Crippen LogP contribution in [-0.2, 0) is 30.6 Å². The molecule has 5 nitrogen and oxygen atoms in total. The number of pyridine rings is 1. The summed E-state index contributed by atoms with van der Waals surface area (Å²) in [7, 11) is 0. The third-order valence-electron chi connectivity index (χ3n) is 4.34. The van der Waals surface area contributed by atoms with Gasteiger partial charge in [0.05, 0.1) is 22.8 Å². The topological polar surface area (TPSA) is 62.3 Å². The summed E-state index contributed by atoms with van der Waals surface area (Å²) in [5.74, 6) is -0.612. The number of halogens is 4. The van der Waals surface area contributed by atoms with Crippen LogP contribution in [0.1, 0.15) is 32.7 Å². The highest BCUT2D eigenvalue weighted by Crippen LogP contribution is 2.31. The Bertz CT molecular complexity index is 960. The Balaban J connectivity index is 1.67. The van der Waals surface area contributed by atoms with Gasteiger partial charge in [0.1, 0.15) is 0 Å². The minimum Gasteiger partial charge on any atom is -0.346 e. The number of carbonyl (C=O) groups excluding carboxylic acids is 2. The maximum absolute atomic E-state index is 12.6. The van der Waals surface area contributed by atoms with E-state index in [4.69, 9.17) is 11.6 Å². The molecule has 146 valence electrons. The number of benzene rings is 1. The summed E-state index contributed by atoms with van der Waals surface area (Å²) in [5.41, 5.74) is 1.35. The third kappa shape index (κ3) is 4.17. The fraction of sp³-hybridized carbons (Fsp3) is 0.211. The van der Waals surface area contributed by atoms with Gasteiger partial charge in [-0.25, -0.2) is 0 Å². The van der Waals surface area contributed by atoms with Crippen LogP contribution in [0.4, 0.5) is 13.2 Å². The van der Waals surface area contributed by atoms with Crippen molar-refractivity contribution in [1.82, 2.24) is 15.2 Å². The van der Waals surface area contributed by atoms with E-state index < -0.39 is 17.6 Å². The lowest BCUT2D eigenvalue weighted by atomic mass is 10.1. The van der Waals surface area contributed by atoms with Crippen molar-refractivity contribution in [3.63, 3.8) is 0 Å². The van der Waals surface area contributed by atoms with Crippen LogP contribution in [0, 0.1) is 0 Å². The van der Waals surface area contributed by atoms with Crippen LogP contribution < -0.4 is 5.32 Å². The van der Waals surface area contributed by atoms with E-state index in [9.17, 15) is 22.8 Å². The first-order valence-corrected chi connectivity index (χ1v) is 8.60. The highest BCUT2D eigenvalue weighted by atomic mass is 35.5. The number of amides is 2. The van der Waals surface area contributed by atoms with Crippen molar-refractivity contribution in [1.29, 1.82) is 0 Å². The van der Waals surface area contributed by atoms with Crippen molar-refractivity contribution in [3.05, 3.63) is 76.1 Å². The van der Waals surface area contributed by atoms with Gasteiger partial charge in [0.2, 0.25) is 5.91 Å². The van der Waals surface area contributed by atoms with E-state index in [-0.39, 0.29) is 23.2 Å². The van der Waals surface area contributed by atoms with Crippen molar-refractivity contribution in [2.75, 3.05) is 0 Å². The van der Waals surface area contributed by atoms with Crippen molar-refractivity contribution < 1.29 is 22.8 Å². The molecule has 2 heterocycles. The summed E-state index contributed by atoms with van der Waals surface area (Å²) >= 11 is 5.84. The summed E-state index contributed by atoms with van der Waals surface area (Å²) in [6, 6.07) is 5.85. The van der Waals surface area contributed by atoms with Gasteiger partial charge in [0, 0.05) is 24.8 Å². The highest BCUT2D eigenvalue weighted by molar-refractivity contribution is 6.31. The molecule has 2 amide bonds. The number of alkyl halides is 3. The first kappa shape index (κ1) is 19.9. The molecule has 0 radical (unpaired) electrons. The Morgan fingerprint density at radius 3 is 2.61 bits per heavy atom. The average Bonchev–Trinajstić information content (AvgIpc) is 3.08. The second-order valence-corrected chi connectivity index (χ2v) is 6.62. The summed E-state index contributed by atoms with van der Waals surface area (Å²) in [5, 5.41) is 2.41. The van der Waals surface area contributed by atoms with Gasteiger partial charge >= 0.3 is 6.18 Å². The molecule has 1 aliphatic rings. The zero-order valence-electron chi connectivity index (χ0n) is 14.5. The molecule has 1 N–H and O–H groups in total. The minimum atomic E-state index is -4.54. The molecule has 9 heteroatoms. The number of fused-ring (bicyclic) bond motifs is 1. The Hall–Kier alpha value is -2.87. The Morgan fingerprint density at radius 2 is 1.96 bits per heavy atom. The van der Waals surface area contributed by atoms with Crippen molar-refractivity contribution in [2.24, 2.45) is 0 Å². The van der Waals surface area contributed by atoms with Gasteiger partial charge in [-0.2, -0.15) is 13.2 Å². The lowest BCUT2D eigenvalue weighted by Gasteiger charge is -2.11. The van der Waals surface area contributed by atoms with Crippen LogP contribution in [-0.4, -0.2) is 21.7 Å². The molecule has 0 spiro atoms. The first-order chi connectivity index (χ1) is 13.2. The molecule has 0 bridgehead atoms. The minimum absolute atomic E-state index is 0.117. The van der Waals surface area contributed by atoms with E-state index >= 15 is 0 Å². The van der Waals surface area contributed by atoms with Crippen LogP contribution in [0.5, 0.6) is 0 Å². The molecule has 28 heavy (non-hydrogen) atoms. The quantitative estimate of drug-likeness (QED) is 0.783. The molecule has 1 aromatic heterocycles. The molecule has 1 aromatic carbocycles. The maximum atomic E-state index is 12.6. The normalized spacial score (nSPS) is 13.2. The Labute approximate surface area is 163 Å². The number of nitrogens with zero attached hydrogens (tertiary/aromatic N) is 2. The predicted molar refractivity (Wildman–Crippen MR) is 96.3 cm³/mol. The number of nitrogens with one attached hydrogen (secondary N) is 1. The van der Waals surface area contributed by atoms with Gasteiger partial charge in [0.25, 0.3) is 5.91 Å². The summed E-state index contributed by atoms with van der Waals surface area (Å²) in [4.78, 5) is 29.4. The van der Waals surface area contributed by atoms with Crippen LogP contribution in [0.15, 0.2) is 43.1 Å². The number of hydrogen-bond donors (Lipinski definition) is 1. The van der Waals surface area contributed by atoms with Gasteiger partial charge in [-0.1, -0.05) is 24.2 Å². The summed E-state index contributed by atoms with van der Waals surface area (Å²) < 4.78 is 37.9.